The van der Waals surface area contributed by atoms with Gasteiger partial charge in [0.2, 0.25) is 0 Å². The normalized spacial score (nSPS) is 15.5. The van der Waals surface area contributed by atoms with Crippen molar-refractivity contribution in [2.24, 2.45) is 0 Å². The van der Waals surface area contributed by atoms with Gasteiger partial charge in [0.1, 0.15) is 23.9 Å². The molecule has 0 atom stereocenters. The summed E-state index contributed by atoms with van der Waals surface area (Å²) < 4.78 is 6.10. The molecule has 0 spiro atoms. The van der Waals surface area contributed by atoms with Crippen molar-refractivity contribution in [1.82, 2.24) is 9.88 Å². The van der Waals surface area contributed by atoms with Crippen LogP contribution in [0.4, 0.5) is 5.69 Å². The van der Waals surface area contributed by atoms with E-state index in [1.165, 1.54) is 0 Å². The molecule has 4 rings (SSSR count). The van der Waals surface area contributed by atoms with Crippen molar-refractivity contribution in [2.45, 2.75) is 59.4 Å². The number of ether oxygens (including phenoxy) is 1. The quantitative estimate of drug-likeness (QED) is 0.674. The first-order chi connectivity index (χ1) is 15.2. The summed E-state index contributed by atoms with van der Waals surface area (Å²) >= 11 is 0. The third kappa shape index (κ3) is 4.10. The third-order valence-electron chi connectivity index (χ3n) is 6.28. The summed E-state index contributed by atoms with van der Waals surface area (Å²) in [5.74, 6) is 1.27. The van der Waals surface area contributed by atoms with Crippen LogP contribution < -0.4 is 9.64 Å². The Morgan fingerprint density at radius 3 is 2.66 bits per heavy atom. The molecule has 0 saturated heterocycles. The van der Waals surface area contributed by atoms with Gasteiger partial charge >= 0.3 is 0 Å². The van der Waals surface area contributed by atoms with Crippen molar-refractivity contribution in [3.8, 4) is 5.75 Å². The molecule has 0 bridgehead atoms. The Kier molecular flexibility index (Phi) is 5.97. The molecule has 2 aliphatic heterocycles. The van der Waals surface area contributed by atoms with E-state index in [4.69, 9.17) is 10.1 Å². The largest absolute Gasteiger partial charge is 0.489 e. The van der Waals surface area contributed by atoms with E-state index in [-0.39, 0.29) is 17.7 Å². The zero-order valence-electron chi connectivity index (χ0n) is 19.9. The maximum atomic E-state index is 13.4. The molecule has 0 radical (unpaired) electrons. The van der Waals surface area contributed by atoms with Crippen LogP contribution in [0.2, 0.25) is 0 Å². The fourth-order valence-corrected chi connectivity index (χ4v) is 4.49. The highest BCUT2D eigenvalue weighted by Gasteiger charge is 2.31. The average molecular weight is 435 g/mol. The van der Waals surface area contributed by atoms with Gasteiger partial charge in [0.25, 0.3) is 0 Å². The number of benzene rings is 1. The Labute approximate surface area is 191 Å². The number of hydrogen-bond donors (Lipinski definition) is 1. The molecule has 0 unspecified atom stereocenters. The van der Waals surface area contributed by atoms with Crippen molar-refractivity contribution in [2.75, 3.05) is 31.1 Å². The SMILES string of the molecule is CCCN1CCOc2c1cc(C(=O)CN1Cc3ccc(CC)nc3C1=N)cc2C(C)(C)C. The molecule has 2 aliphatic rings. The number of carbonyl (C=O) groups excluding carboxylic acids is 1. The lowest BCUT2D eigenvalue weighted by Crippen LogP contribution is -2.35. The predicted octanol–water partition coefficient (Wildman–Crippen LogP) is 4.57. The summed E-state index contributed by atoms with van der Waals surface area (Å²) in [6.07, 6.45) is 1.87. The number of hydrogen-bond acceptors (Lipinski definition) is 5. The Morgan fingerprint density at radius 1 is 1.19 bits per heavy atom. The molecule has 1 aromatic carbocycles. The first-order valence-corrected chi connectivity index (χ1v) is 11.6. The molecule has 0 amide bonds. The number of rotatable bonds is 6. The Hall–Kier alpha value is -2.89. The van der Waals surface area contributed by atoms with E-state index < -0.39 is 0 Å². The van der Waals surface area contributed by atoms with Gasteiger partial charge in [-0.05, 0) is 36.5 Å². The molecule has 3 heterocycles. The van der Waals surface area contributed by atoms with Crippen LogP contribution in [0.15, 0.2) is 24.3 Å². The predicted molar refractivity (Wildman–Crippen MR) is 128 cm³/mol. The molecular formula is C26H34N4O2. The van der Waals surface area contributed by atoms with E-state index in [1.54, 1.807) is 0 Å². The molecule has 6 nitrogen and oxygen atoms in total. The Morgan fingerprint density at radius 2 is 1.97 bits per heavy atom. The fourth-order valence-electron chi connectivity index (χ4n) is 4.49. The molecule has 1 aromatic heterocycles. The van der Waals surface area contributed by atoms with E-state index >= 15 is 0 Å². The highest BCUT2D eigenvalue weighted by Crippen LogP contribution is 2.42. The molecule has 1 N–H and O–H groups in total. The standard InChI is InChI=1S/C26H34N4O2/c1-6-10-29-11-12-32-24-20(26(3,4)5)13-18(14-21(24)29)22(31)16-30-15-17-8-9-19(7-2)28-23(17)25(30)27/h8-9,13-14,27H,6-7,10-12,15-16H2,1-5H3. The average Bonchev–Trinajstić information content (AvgIpc) is 3.07. The molecule has 0 aliphatic carbocycles. The number of aryl methyl sites for hydroxylation is 1. The maximum Gasteiger partial charge on any atom is 0.182 e. The van der Waals surface area contributed by atoms with Crippen LogP contribution in [0.5, 0.6) is 5.75 Å². The third-order valence-corrected chi connectivity index (χ3v) is 6.28. The molecule has 2 aromatic rings. The van der Waals surface area contributed by atoms with Crippen LogP contribution in [0.3, 0.4) is 0 Å². The summed E-state index contributed by atoms with van der Waals surface area (Å²) in [5, 5.41) is 8.58. The van der Waals surface area contributed by atoms with Gasteiger partial charge in [-0.25, -0.2) is 4.98 Å². The minimum Gasteiger partial charge on any atom is -0.489 e. The number of aromatic nitrogens is 1. The number of pyridine rings is 1. The van der Waals surface area contributed by atoms with Crippen molar-refractivity contribution < 1.29 is 9.53 Å². The molecule has 32 heavy (non-hydrogen) atoms. The number of carbonyl (C=O) groups is 1. The number of fused-ring (bicyclic) bond motifs is 2. The molecule has 0 saturated carbocycles. The Bertz CT molecular complexity index is 1050. The van der Waals surface area contributed by atoms with Gasteiger partial charge < -0.3 is 14.5 Å². The highest BCUT2D eigenvalue weighted by atomic mass is 16.5. The van der Waals surface area contributed by atoms with Crippen LogP contribution in [-0.2, 0) is 18.4 Å². The van der Waals surface area contributed by atoms with Crippen LogP contribution in [-0.4, -0.2) is 47.7 Å². The smallest absolute Gasteiger partial charge is 0.182 e. The monoisotopic (exact) mass is 434 g/mol. The summed E-state index contributed by atoms with van der Waals surface area (Å²) in [5.41, 5.74) is 5.32. The highest BCUT2D eigenvalue weighted by molar-refractivity contribution is 6.05. The lowest BCUT2D eigenvalue weighted by Gasteiger charge is -2.35. The van der Waals surface area contributed by atoms with Gasteiger partial charge in [0.05, 0.1) is 18.8 Å². The van der Waals surface area contributed by atoms with Crippen molar-refractivity contribution in [3.05, 3.63) is 52.3 Å². The van der Waals surface area contributed by atoms with E-state index in [0.29, 0.717) is 30.2 Å². The molecule has 6 heteroatoms. The Balaban J connectivity index is 1.64. The van der Waals surface area contributed by atoms with Crippen LogP contribution in [0.1, 0.15) is 73.9 Å². The number of ketones is 1. The topological polar surface area (TPSA) is 69.5 Å². The molecule has 0 fully saturated rings. The maximum absolute atomic E-state index is 13.4. The number of nitrogens with one attached hydrogen (secondary N) is 1. The lowest BCUT2D eigenvalue weighted by molar-refractivity contribution is 0.0962. The van der Waals surface area contributed by atoms with E-state index in [0.717, 1.165) is 54.2 Å². The van der Waals surface area contributed by atoms with Gasteiger partial charge in [0, 0.05) is 35.5 Å². The van der Waals surface area contributed by atoms with Gasteiger partial charge in [-0.15, -0.1) is 0 Å². The lowest BCUT2D eigenvalue weighted by atomic mass is 9.84. The minimum absolute atomic E-state index is 0.0218. The summed E-state index contributed by atoms with van der Waals surface area (Å²) in [4.78, 5) is 22.2. The van der Waals surface area contributed by atoms with Gasteiger partial charge in [-0.3, -0.25) is 10.2 Å². The second kappa shape index (κ2) is 8.57. The molecule has 170 valence electrons. The number of anilines is 1. The summed E-state index contributed by atoms with van der Waals surface area (Å²) in [6.45, 7) is 13.9. The van der Waals surface area contributed by atoms with Gasteiger partial charge in [0.15, 0.2) is 5.78 Å². The van der Waals surface area contributed by atoms with Crippen LogP contribution in [0, 0.1) is 5.41 Å². The summed E-state index contributed by atoms with van der Waals surface area (Å²) in [7, 11) is 0. The van der Waals surface area contributed by atoms with Gasteiger partial charge in [-0.1, -0.05) is 40.7 Å². The van der Waals surface area contributed by atoms with E-state index in [2.05, 4.69) is 44.5 Å². The van der Waals surface area contributed by atoms with Crippen molar-refractivity contribution in [1.29, 1.82) is 5.41 Å². The van der Waals surface area contributed by atoms with E-state index in [1.807, 2.05) is 29.2 Å². The fraction of sp³-hybridized carbons (Fsp3) is 0.500. The zero-order valence-corrected chi connectivity index (χ0v) is 19.9. The van der Waals surface area contributed by atoms with Crippen LogP contribution >= 0.6 is 0 Å². The zero-order chi connectivity index (χ0) is 23.0. The van der Waals surface area contributed by atoms with Crippen LogP contribution in [0.25, 0.3) is 0 Å². The second-order valence-corrected chi connectivity index (χ2v) is 9.75. The first kappa shape index (κ1) is 22.3. The molecular weight excluding hydrogens is 400 g/mol. The number of Topliss-reactive ketones (excluding diaryl/α,β-unsaturated/α-hetero) is 1. The summed E-state index contributed by atoms with van der Waals surface area (Å²) in [6, 6.07) is 8.04. The van der Waals surface area contributed by atoms with Gasteiger partial charge in [-0.2, -0.15) is 0 Å². The number of nitrogens with zero attached hydrogens (tertiary/aromatic N) is 3. The van der Waals surface area contributed by atoms with E-state index in [9.17, 15) is 4.79 Å². The van der Waals surface area contributed by atoms with Crippen molar-refractivity contribution >= 4 is 17.3 Å². The van der Waals surface area contributed by atoms with Crippen molar-refractivity contribution in [3.63, 3.8) is 0 Å². The minimum atomic E-state index is -0.146. The second-order valence-electron chi connectivity index (χ2n) is 9.75. The first-order valence-electron chi connectivity index (χ1n) is 11.6. The number of amidine groups is 1.